The van der Waals surface area contributed by atoms with Crippen LogP contribution in [0.5, 0.6) is 0 Å². The molecule has 2 N–H and O–H groups in total. The van der Waals surface area contributed by atoms with Crippen LogP contribution in [0.3, 0.4) is 0 Å². The molecule has 0 spiro atoms. The number of nitrogens with one attached hydrogen (secondary N) is 2. The van der Waals surface area contributed by atoms with Crippen LogP contribution in [0.2, 0.25) is 0 Å². The van der Waals surface area contributed by atoms with E-state index in [1.165, 1.54) is 0 Å². The quantitative estimate of drug-likeness (QED) is 0.756. The molecule has 4 nitrogen and oxygen atoms in total. The van der Waals surface area contributed by atoms with E-state index in [2.05, 4.69) is 21.2 Å². The summed E-state index contributed by atoms with van der Waals surface area (Å²) in [5.41, 5.74) is 0.415. The van der Waals surface area contributed by atoms with Crippen LogP contribution in [0.4, 0.5) is 0 Å². The maximum atomic E-state index is 7.68. The molecular formula is C10H17BrN2O2. The molecular weight excluding hydrogens is 260 g/mol. The van der Waals surface area contributed by atoms with Crippen LogP contribution in [-0.4, -0.2) is 32.3 Å². The van der Waals surface area contributed by atoms with E-state index in [0.717, 1.165) is 25.9 Å². The van der Waals surface area contributed by atoms with Gasteiger partial charge in [-0.1, -0.05) is 0 Å². The lowest BCUT2D eigenvalue weighted by Gasteiger charge is -2.22. The number of hydrogen-bond acceptors (Lipinski definition) is 4. The molecule has 1 saturated heterocycles. The molecule has 0 bridgehead atoms. The zero-order valence-electron chi connectivity index (χ0n) is 8.88. The third kappa shape index (κ3) is 4.77. The molecule has 0 saturated carbocycles. The number of ether oxygens (including phenoxy) is 2. The van der Waals surface area contributed by atoms with E-state index in [4.69, 9.17) is 14.9 Å². The van der Waals surface area contributed by atoms with Gasteiger partial charge in [0.1, 0.15) is 0 Å². The number of halogens is 1. The predicted octanol–water partition coefficient (Wildman–Crippen LogP) is 2.01. The van der Waals surface area contributed by atoms with Crippen LogP contribution in [0.15, 0.2) is 10.7 Å². The lowest BCUT2D eigenvalue weighted by atomic mass is 10.2. The molecule has 1 aliphatic heterocycles. The van der Waals surface area contributed by atoms with Crippen LogP contribution in [0.25, 0.3) is 0 Å². The smallest absolute Gasteiger partial charge is 0.158 e. The standard InChI is InChI=1S/C10H17BrN2O2/c1-13-6-8(11)9(12)7-15-10-4-2-3-5-14-10/h6,10,12-13H,2-5,7H2,1H3/b8-6+,12-9?. The van der Waals surface area contributed by atoms with Crippen molar-refractivity contribution in [1.82, 2.24) is 5.32 Å². The summed E-state index contributed by atoms with van der Waals surface area (Å²) in [7, 11) is 1.79. The van der Waals surface area contributed by atoms with E-state index in [1.54, 1.807) is 13.2 Å². The Balaban J connectivity index is 2.23. The summed E-state index contributed by atoms with van der Waals surface area (Å²) in [4.78, 5) is 0. The molecule has 0 aromatic carbocycles. The van der Waals surface area contributed by atoms with Crippen molar-refractivity contribution in [3.63, 3.8) is 0 Å². The van der Waals surface area contributed by atoms with E-state index in [0.29, 0.717) is 10.2 Å². The zero-order valence-corrected chi connectivity index (χ0v) is 10.5. The van der Waals surface area contributed by atoms with Gasteiger partial charge >= 0.3 is 0 Å². The molecule has 0 aromatic rings. The van der Waals surface area contributed by atoms with E-state index in [-0.39, 0.29) is 12.9 Å². The van der Waals surface area contributed by atoms with Crippen molar-refractivity contribution >= 4 is 21.6 Å². The fourth-order valence-electron chi connectivity index (χ4n) is 1.30. The Morgan fingerprint density at radius 3 is 3.07 bits per heavy atom. The second-order valence-corrected chi connectivity index (χ2v) is 4.22. The SMILES string of the molecule is CN/C=C(/Br)C(=N)COC1CCCCO1. The van der Waals surface area contributed by atoms with Gasteiger partial charge in [-0.3, -0.25) is 0 Å². The molecule has 0 radical (unpaired) electrons. The minimum atomic E-state index is -0.131. The number of hydrogen-bond donors (Lipinski definition) is 2. The highest BCUT2D eigenvalue weighted by Gasteiger charge is 2.15. The molecule has 1 heterocycles. The molecule has 86 valence electrons. The first-order valence-electron chi connectivity index (χ1n) is 5.08. The fourth-order valence-corrected chi connectivity index (χ4v) is 1.65. The van der Waals surface area contributed by atoms with Crippen molar-refractivity contribution < 1.29 is 9.47 Å². The third-order valence-electron chi connectivity index (χ3n) is 2.11. The molecule has 5 heteroatoms. The van der Waals surface area contributed by atoms with E-state index in [1.807, 2.05) is 0 Å². The molecule has 1 rings (SSSR count). The average molecular weight is 277 g/mol. The lowest BCUT2D eigenvalue weighted by Crippen LogP contribution is -2.25. The molecule has 0 aliphatic carbocycles. The second-order valence-electron chi connectivity index (χ2n) is 3.37. The van der Waals surface area contributed by atoms with Gasteiger partial charge in [-0.05, 0) is 35.2 Å². The molecule has 1 atom stereocenters. The maximum Gasteiger partial charge on any atom is 0.158 e. The zero-order chi connectivity index (χ0) is 11.1. The third-order valence-corrected chi connectivity index (χ3v) is 2.82. The van der Waals surface area contributed by atoms with Gasteiger partial charge in [-0.2, -0.15) is 0 Å². The average Bonchev–Trinajstić information content (AvgIpc) is 2.27. The van der Waals surface area contributed by atoms with Crippen molar-refractivity contribution in [1.29, 1.82) is 5.41 Å². The molecule has 15 heavy (non-hydrogen) atoms. The monoisotopic (exact) mass is 276 g/mol. The Morgan fingerprint density at radius 1 is 1.67 bits per heavy atom. The van der Waals surface area contributed by atoms with E-state index in [9.17, 15) is 0 Å². The minimum Gasteiger partial charge on any atom is -0.393 e. The normalized spacial score (nSPS) is 22.5. The molecule has 1 fully saturated rings. The van der Waals surface area contributed by atoms with Gasteiger partial charge in [0.15, 0.2) is 6.29 Å². The van der Waals surface area contributed by atoms with Crippen LogP contribution in [0, 0.1) is 5.41 Å². The second kappa shape index (κ2) is 6.98. The van der Waals surface area contributed by atoms with Crippen LogP contribution < -0.4 is 5.32 Å². The van der Waals surface area contributed by atoms with Gasteiger partial charge in [0, 0.05) is 19.9 Å². The first kappa shape index (κ1) is 12.7. The van der Waals surface area contributed by atoms with Gasteiger partial charge in [0.05, 0.1) is 16.8 Å². The highest BCUT2D eigenvalue weighted by molar-refractivity contribution is 9.12. The summed E-state index contributed by atoms with van der Waals surface area (Å²) in [6.07, 6.45) is 4.77. The van der Waals surface area contributed by atoms with E-state index < -0.39 is 0 Å². The fraction of sp³-hybridized carbons (Fsp3) is 0.700. The first-order chi connectivity index (χ1) is 7.24. The summed E-state index contributed by atoms with van der Waals surface area (Å²) < 4.78 is 11.6. The Labute approximate surface area is 98.7 Å². The Bertz CT molecular complexity index is 238. The van der Waals surface area contributed by atoms with Gasteiger partial charge in [-0.25, -0.2) is 0 Å². The minimum absolute atomic E-state index is 0.131. The van der Waals surface area contributed by atoms with Crippen molar-refractivity contribution in [2.45, 2.75) is 25.6 Å². The van der Waals surface area contributed by atoms with Gasteiger partial charge in [0.25, 0.3) is 0 Å². The van der Waals surface area contributed by atoms with Crippen molar-refractivity contribution in [2.24, 2.45) is 0 Å². The van der Waals surface area contributed by atoms with Gasteiger partial charge in [0.2, 0.25) is 0 Å². The highest BCUT2D eigenvalue weighted by Crippen LogP contribution is 2.14. The van der Waals surface area contributed by atoms with Gasteiger partial charge in [-0.15, -0.1) is 0 Å². The topological polar surface area (TPSA) is 54.3 Å². The molecule has 1 unspecified atom stereocenters. The van der Waals surface area contributed by atoms with Crippen LogP contribution >= 0.6 is 15.9 Å². The summed E-state index contributed by atoms with van der Waals surface area (Å²) in [6, 6.07) is 0. The number of rotatable bonds is 5. The van der Waals surface area contributed by atoms with E-state index >= 15 is 0 Å². The Morgan fingerprint density at radius 2 is 2.47 bits per heavy atom. The van der Waals surface area contributed by atoms with Crippen LogP contribution in [0.1, 0.15) is 19.3 Å². The summed E-state index contributed by atoms with van der Waals surface area (Å²) >= 11 is 3.28. The van der Waals surface area contributed by atoms with Crippen molar-refractivity contribution in [2.75, 3.05) is 20.3 Å². The van der Waals surface area contributed by atoms with Crippen LogP contribution in [-0.2, 0) is 9.47 Å². The molecule has 0 amide bonds. The maximum absolute atomic E-state index is 7.68. The summed E-state index contributed by atoms with van der Waals surface area (Å²) in [5, 5.41) is 10.5. The molecule has 1 aliphatic rings. The predicted molar refractivity (Wildman–Crippen MR) is 63.3 cm³/mol. The highest BCUT2D eigenvalue weighted by atomic mass is 79.9. The van der Waals surface area contributed by atoms with Crippen molar-refractivity contribution in [3.8, 4) is 0 Å². The lowest BCUT2D eigenvalue weighted by molar-refractivity contribution is -0.152. The Kier molecular flexibility index (Phi) is 5.90. The molecule has 0 aromatic heterocycles. The summed E-state index contributed by atoms with van der Waals surface area (Å²) in [6.45, 7) is 1.05. The van der Waals surface area contributed by atoms with Gasteiger partial charge < -0.3 is 20.2 Å². The van der Waals surface area contributed by atoms with Crippen molar-refractivity contribution in [3.05, 3.63) is 10.7 Å². The largest absolute Gasteiger partial charge is 0.393 e. The first-order valence-corrected chi connectivity index (χ1v) is 5.87. The summed E-state index contributed by atoms with van der Waals surface area (Å²) in [5.74, 6) is 0. The Hall–Kier alpha value is -0.390.